The Balaban J connectivity index is 2.76. The summed E-state index contributed by atoms with van der Waals surface area (Å²) < 4.78 is 1.14. The molecule has 6 heteroatoms. The average Bonchev–Trinajstić information content (AvgIpc) is 2.49. The van der Waals surface area contributed by atoms with Crippen LogP contribution in [0.5, 0.6) is 0 Å². The molecule has 0 aromatic carbocycles. The summed E-state index contributed by atoms with van der Waals surface area (Å²) in [6.45, 7) is 0. The van der Waals surface area contributed by atoms with E-state index in [0.29, 0.717) is 10.2 Å². The standard InChI is InChI=1S/C7H6BNO3S/c10-7-4-3-6(8(11)12)13-5(4)1-2-9-7/h1-3,11-12H,(H,9,10). The minimum Gasteiger partial charge on any atom is -0.423 e. The van der Waals surface area contributed by atoms with Crippen molar-refractivity contribution in [2.24, 2.45) is 0 Å². The smallest absolute Gasteiger partial charge is 0.423 e. The molecular weight excluding hydrogens is 189 g/mol. The molecule has 0 unspecified atom stereocenters. The van der Waals surface area contributed by atoms with Crippen LogP contribution in [0.1, 0.15) is 0 Å². The van der Waals surface area contributed by atoms with Gasteiger partial charge in [-0.15, -0.1) is 11.3 Å². The second-order valence-electron chi connectivity index (χ2n) is 2.61. The third kappa shape index (κ3) is 1.39. The monoisotopic (exact) mass is 195 g/mol. The Labute approximate surface area is 77.6 Å². The summed E-state index contributed by atoms with van der Waals surface area (Å²) in [6, 6.07) is 3.22. The number of aromatic amines is 1. The van der Waals surface area contributed by atoms with E-state index in [-0.39, 0.29) is 5.56 Å². The molecule has 0 aliphatic carbocycles. The Bertz CT molecular complexity index is 490. The van der Waals surface area contributed by atoms with E-state index in [2.05, 4.69) is 4.98 Å². The van der Waals surface area contributed by atoms with Gasteiger partial charge < -0.3 is 15.0 Å². The lowest BCUT2D eigenvalue weighted by molar-refractivity contribution is 0.427. The van der Waals surface area contributed by atoms with Gasteiger partial charge >= 0.3 is 7.12 Å². The van der Waals surface area contributed by atoms with E-state index < -0.39 is 7.12 Å². The first kappa shape index (κ1) is 8.49. The first-order valence-corrected chi connectivity index (χ1v) is 4.47. The summed E-state index contributed by atoms with van der Waals surface area (Å²) in [5.74, 6) is 0. The molecule has 13 heavy (non-hydrogen) atoms. The lowest BCUT2D eigenvalue weighted by Crippen LogP contribution is -2.26. The van der Waals surface area contributed by atoms with Crippen LogP contribution >= 0.6 is 11.3 Å². The first-order chi connectivity index (χ1) is 6.18. The van der Waals surface area contributed by atoms with E-state index in [4.69, 9.17) is 10.0 Å². The van der Waals surface area contributed by atoms with Gasteiger partial charge in [0, 0.05) is 15.7 Å². The second-order valence-corrected chi connectivity index (χ2v) is 3.72. The Kier molecular flexibility index (Phi) is 1.95. The second kappa shape index (κ2) is 2.99. The molecule has 0 saturated carbocycles. The maximum absolute atomic E-state index is 11.2. The number of hydrogen-bond donors (Lipinski definition) is 3. The van der Waals surface area contributed by atoms with Crippen LogP contribution in [0.4, 0.5) is 0 Å². The molecule has 0 amide bonds. The molecule has 2 aromatic heterocycles. The zero-order valence-corrected chi connectivity index (χ0v) is 7.34. The highest BCUT2D eigenvalue weighted by Gasteiger charge is 2.15. The van der Waals surface area contributed by atoms with Crippen molar-refractivity contribution >= 4 is 33.3 Å². The fourth-order valence-electron chi connectivity index (χ4n) is 1.12. The third-order valence-electron chi connectivity index (χ3n) is 1.73. The van der Waals surface area contributed by atoms with Crippen molar-refractivity contribution in [2.45, 2.75) is 0 Å². The molecule has 0 radical (unpaired) electrons. The van der Waals surface area contributed by atoms with Gasteiger partial charge in [0.05, 0.1) is 5.39 Å². The fourth-order valence-corrected chi connectivity index (χ4v) is 2.06. The van der Waals surface area contributed by atoms with Gasteiger partial charge in [-0.05, 0) is 12.1 Å². The molecule has 0 spiro atoms. The van der Waals surface area contributed by atoms with E-state index in [0.717, 1.165) is 4.70 Å². The maximum atomic E-state index is 11.2. The summed E-state index contributed by atoms with van der Waals surface area (Å²) in [5, 5.41) is 18.2. The minimum absolute atomic E-state index is 0.208. The SMILES string of the molecule is O=c1[nH]ccc2sc(B(O)O)cc12. The molecule has 2 aromatic rings. The first-order valence-electron chi connectivity index (χ1n) is 3.66. The Morgan fingerprint density at radius 3 is 2.85 bits per heavy atom. The van der Waals surface area contributed by atoms with Gasteiger partial charge in [-0.1, -0.05) is 0 Å². The number of rotatable bonds is 1. The molecule has 2 heterocycles. The van der Waals surface area contributed by atoms with Crippen LogP contribution in [0.25, 0.3) is 10.1 Å². The van der Waals surface area contributed by atoms with Crippen molar-refractivity contribution in [3.05, 3.63) is 28.7 Å². The molecule has 0 fully saturated rings. The van der Waals surface area contributed by atoms with Crippen LogP contribution in [0, 0.1) is 0 Å². The molecule has 0 aliphatic heterocycles. The van der Waals surface area contributed by atoms with Crippen molar-refractivity contribution in [1.29, 1.82) is 0 Å². The van der Waals surface area contributed by atoms with Gasteiger partial charge in [0.1, 0.15) is 0 Å². The van der Waals surface area contributed by atoms with Gasteiger partial charge in [0.15, 0.2) is 0 Å². The van der Waals surface area contributed by atoms with Crippen molar-refractivity contribution in [3.63, 3.8) is 0 Å². The normalized spacial score (nSPS) is 10.6. The van der Waals surface area contributed by atoms with E-state index in [1.165, 1.54) is 23.6 Å². The van der Waals surface area contributed by atoms with E-state index in [9.17, 15) is 4.79 Å². The predicted octanol–water partition coefficient (Wildman–Crippen LogP) is -0.731. The number of nitrogens with one attached hydrogen (secondary N) is 1. The molecule has 0 aliphatic rings. The predicted molar refractivity (Wildman–Crippen MR) is 52.3 cm³/mol. The lowest BCUT2D eigenvalue weighted by atomic mass is 9.89. The fraction of sp³-hybridized carbons (Fsp3) is 0. The van der Waals surface area contributed by atoms with Crippen LogP contribution in [0.15, 0.2) is 23.1 Å². The molecule has 0 bridgehead atoms. The molecular formula is C7H6BNO3S. The average molecular weight is 195 g/mol. The summed E-state index contributed by atoms with van der Waals surface area (Å²) >= 11 is 1.20. The van der Waals surface area contributed by atoms with E-state index in [1.54, 1.807) is 6.07 Å². The number of thiophene rings is 1. The summed E-state index contributed by atoms with van der Waals surface area (Å²) in [5.41, 5.74) is -0.208. The highest BCUT2D eigenvalue weighted by atomic mass is 32.1. The molecule has 0 atom stereocenters. The molecule has 4 nitrogen and oxygen atoms in total. The van der Waals surface area contributed by atoms with Crippen molar-refractivity contribution in [2.75, 3.05) is 0 Å². The molecule has 66 valence electrons. The molecule has 0 saturated heterocycles. The Morgan fingerprint density at radius 1 is 1.46 bits per heavy atom. The van der Waals surface area contributed by atoms with Crippen LogP contribution in [-0.4, -0.2) is 22.2 Å². The van der Waals surface area contributed by atoms with Crippen molar-refractivity contribution < 1.29 is 10.0 Å². The number of pyridine rings is 1. The van der Waals surface area contributed by atoms with Gasteiger partial charge in [-0.2, -0.15) is 0 Å². The van der Waals surface area contributed by atoms with Crippen LogP contribution in [0.2, 0.25) is 0 Å². The minimum atomic E-state index is -1.50. The third-order valence-corrected chi connectivity index (χ3v) is 2.87. The highest BCUT2D eigenvalue weighted by Crippen LogP contribution is 2.13. The van der Waals surface area contributed by atoms with E-state index >= 15 is 0 Å². The van der Waals surface area contributed by atoms with Crippen LogP contribution in [-0.2, 0) is 0 Å². The van der Waals surface area contributed by atoms with E-state index in [1.807, 2.05) is 0 Å². The van der Waals surface area contributed by atoms with Crippen LogP contribution in [0.3, 0.4) is 0 Å². The van der Waals surface area contributed by atoms with Gasteiger partial charge in [0.25, 0.3) is 5.56 Å². The number of fused-ring (bicyclic) bond motifs is 1. The van der Waals surface area contributed by atoms with Crippen molar-refractivity contribution in [1.82, 2.24) is 4.98 Å². The van der Waals surface area contributed by atoms with Crippen LogP contribution < -0.4 is 10.3 Å². The number of hydrogen-bond acceptors (Lipinski definition) is 4. The Hall–Kier alpha value is -1.11. The molecule has 3 N–H and O–H groups in total. The summed E-state index contributed by atoms with van der Waals surface area (Å²) in [4.78, 5) is 13.7. The van der Waals surface area contributed by atoms with Gasteiger partial charge in [-0.3, -0.25) is 4.79 Å². The van der Waals surface area contributed by atoms with Crippen molar-refractivity contribution in [3.8, 4) is 0 Å². The number of H-pyrrole nitrogens is 1. The number of aromatic nitrogens is 1. The zero-order valence-electron chi connectivity index (χ0n) is 6.52. The highest BCUT2D eigenvalue weighted by molar-refractivity contribution is 7.27. The summed E-state index contributed by atoms with van der Waals surface area (Å²) in [7, 11) is -1.50. The maximum Gasteiger partial charge on any atom is 0.499 e. The lowest BCUT2D eigenvalue weighted by Gasteiger charge is -1.87. The van der Waals surface area contributed by atoms with Gasteiger partial charge in [0.2, 0.25) is 0 Å². The topological polar surface area (TPSA) is 73.3 Å². The van der Waals surface area contributed by atoms with Gasteiger partial charge in [-0.25, -0.2) is 0 Å². The largest absolute Gasteiger partial charge is 0.499 e. The quantitative estimate of drug-likeness (QED) is 0.525. The zero-order chi connectivity index (χ0) is 9.42. The molecule has 2 rings (SSSR count). The Morgan fingerprint density at radius 2 is 2.23 bits per heavy atom. The summed E-state index contributed by atoms with van der Waals surface area (Å²) in [6.07, 6.45) is 1.54.